The SMILES string of the molecule is CCOC(=O)c1cccc(-c2ccc([N+](=O)[O-])cc2O)c1. The molecule has 0 heterocycles. The second kappa shape index (κ2) is 6.04. The Hall–Kier alpha value is -2.89. The molecular formula is C15H13NO5. The van der Waals surface area contributed by atoms with Crippen LogP contribution in [0, 0.1) is 10.1 Å². The molecule has 0 radical (unpaired) electrons. The Bertz CT molecular complexity index is 696. The molecule has 0 saturated heterocycles. The van der Waals surface area contributed by atoms with E-state index in [9.17, 15) is 20.0 Å². The molecule has 0 aromatic heterocycles. The lowest BCUT2D eigenvalue weighted by Crippen LogP contribution is -2.04. The van der Waals surface area contributed by atoms with Crippen molar-refractivity contribution in [2.45, 2.75) is 6.92 Å². The quantitative estimate of drug-likeness (QED) is 0.530. The van der Waals surface area contributed by atoms with Crippen molar-refractivity contribution in [3.8, 4) is 16.9 Å². The molecule has 0 fully saturated rings. The molecule has 0 bridgehead atoms. The van der Waals surface area contributed by atoms with Gasteiger partial charge in [0.2, 0.25) is 0 Å². The summed E-state index contributed by atoms with van der Waals surface area (Å²) in [6.07, 6.45) is 0. The van der Waals surface area contributed by atoms with Gasteiger partial charge in [-0.15, -0.1) is 0 Å². The second-order valence-corrected chi connectivity index (χ2v) is 4.26. The first-order valence-corrected chi connectivity index (χ1v) is 6.28. The zero-order valence-electron chi connectivity index (χ0n) is 11.3. The average molecular weight is 287 g/mol. The number of phenolic OH excluding ortho intramolecular Hbond substituents is 1. The number of benzene rings is 2. The van der Waals surface area contributed by atoms with Gasteiger partial charge in [-0.1, -0.05) is 12.1 Å². The molecule has 0 atom stereocenters. The van der Waals surface area contributed by atoms with Crippen molar-refractivity contribution in [2.75, 3.05) is 6.61 Å². The maximum Gasteiger partial charge on any atom is 0.338 e. The summed E-state index contributed by atoms with van der Waals surface area (Å²) in [5, 5.41) is 20.6. The number of non-ortho nitro benzene ring substituents is 1. The van der Waals surface area contributed by atoms with Gasteiger partial charge >= 0.3 is 5.97 Å². The maximum absolute atomic E-state index is 11.7. The van der Waals surface area contributed by atoms with Crippen LogP contribution in [0.2, 0.25) is 0 Å². The van der Waals surface area contributed by atoms with Crippen molar-refractivity contribution in [3.63, 3.8) is 0 Å². The van der Waals surface area contributed by atoms with E-state index in [0.717, 1.165) is 6.07 Å². The summed E-state index contributed by atoms with van der Waals surface area (Å²) in [4.78, 5) is 21.7. The summed E-state index contributed by atoms with van der Waals surface area (Å²) < 4.78 is 4.91. The fourth-order valence-electron chi connectivity index (χ4n) is 1.91. The molecule has 2 aromatic carbocycles. The smallest absolute Gasteiger partial charge is 0.338 e. The Morgan fingerprint density at radius 1 is 1.29 bits per heavy atom. The first-order valence-electron chi connectivity index (χ1n) is 6.28. The van der Waals surface area contributed by atoms with Gasteiger partial charge in [-0.3, -0.25) is 10.1 Å². The van der Waals surface area contributed by atoms with Crippen LogP contribution in [-0.4, -0.2) is 22.6 Å². The summed E-state index contributed by atoms with van der Waals surface area (Å²) in [5.74, 6) is -0.675. The van der Waals surface area contributed by atoms with E-state index < -0.39 is 10.9 Å². The number of hydrogen-bond acceptors (Lipinski definition) is 5. The molecular weight excluding hydrogens is 274 g/mol. The van der Waals surface area contributed by atoms with Gasteiger partial charge < -0.3 is 9.84 Å². The molecule has 2 rings (SSSR count). The Kier molecular flexibility index (Phi) is 4.18. The molecule has 2 aromatic rings. The van der Waals surface area contributed by atoms with E-state index in [0.29, 0.717) is 16.7 Å². The van der Waals surface area contributed by atoms with Crippen LogP contribution in [0.1, 0.15) is 17.3 Å². The van der Waals surface area contributed by atoms with E-state index in [1.165, 1.54) is 12.1 Å². The highest BCUT2D eigenvalue weighted by atomic mass is 16.6. The number of ether oxygens (including phenoxy) is 1. The fourth-order valence-corrected chi connectivity index (χ4v) is 1.91. The minimum Gasteiger partial charge on any atom is -0.507 e. The van der Waals surface area contributed by atoms with Crippen LogP contribution in [0.5, 0.6) is 5.75 Å². The van der Waals surface area contributed by atoms with Crippen molar-refractivity contribution in [1.29, 1.82) is 0 Å². The fraction of sp³-hybridized carbons (Fsp3) is 0.133. The molecule has 0 spiro atoms. The van der Waals surface area contributed by atoms with E-state index in [4.69, 9.17) is 4.74 Å². The number of carbonyl (C=O) groups excluding carboxylic acids is 1. The highest BCUT2D eigenvalue weighted by Gasteiger charge is 2.13. The Balaban J connectivity index is 2.40. The number of carbonyl (C=O) groups is 1. The second-order valence-electron chi connectivity index (χ2n) is 4.26. The third kappa shape index (κ3) is 3.17. The number of nitro groups is 1. The largest absolute Gasteiger partial charge is 0.507 e. The molecule has 0 amide bonds. The van der Waals surface area contributed by atoms with Gasteiger partial charge in [0.15, 0.2) is 0 Å². The van der Waals surface area contributed by atoms with Crippen molar-refractivity contribution in [2.24, 2.45) is 0 Å². The normalized spacial score (nSPS) is 10.1. The number of rotatable bonds is 4. The molecule has 1 N–H and O–H groups in total. The molecule has 0 unspecified atom stereocenters. The van der Waals surface area contributed by atoms with Gasteiger partial charge in [0.1, 0.15) is 5.75 Å². The van der Waals surface area contributed by atoms with Crippen LogP contribution in [0.15, 0.2) is 42.5 Å². The molecule has 0 aliphatic heterocycles. The molecule has 6 heteroatoms. The van der Waals surface area contributed by atoms with Gasteiger partial charge in [0, 0.05) is 11.6 Å². The van der Waals surface area contributed by atoms with Crippen LogP contribution in [0.4, 0.5) is 5.69 Å². The van der Waals surface area contributed by atoms with Crippen LogP contribution >= 0.6 is 0 Å². The predicted octanol–water partition coefficient (Wildman–Crippen LogP) is 3.14. The summed E-state index contributed by atoms with van der Waals surface area (Å²) in [7, 11) is 0. The minimum absolute atomic E-state index is 0.196. The molecule has 0 saturated carbocycles. The predicted molar refractivity (Wildman–Crippen MR) is 76.2 cm³/mol. The van der Waals surface area contributed by atoms with Gasteiger partial charge in [-0.2, -0.15) is 0 Å². The molecule has 0 aliphatic rings. The maximum atomic E-state index is 11.7. The summed E-state index contributed by atoms with van der Waals surface area (Å²) in [6.45, 7) is 1.98. The van der Waals surface area contributed by atoms with Crippen molar-refractivity contribution < 1.29 is 19.6 Å². The molecule has 0 aliphatic carbocycles. The van der Waals surface area contributed by atoms with Gasteiger partial charge in [-0.25, -0.2) is 4.79 Å². The Morgan fingerprint density at radius 3 is 2.67 bits per heavy atom. The van der Waals surface area contributed by atoms with Crippen molar-refractivity contribution >= 4 is 11.7 Å². The van der Waals surface area contributed by atoms with Crippen molar-refractivity contribution in [3.05, 3.63) is 58.1 Å². The number of phenols is 1. The number of aromatic hydroxyl groups is 1. The van der Waals surface area contributed by atoms with E-state index in [2.05, 4.69) is 0 Å². The minimum atomic E-state index is -0.585. The third-order valence-corrected chi connectivity index (χ3v) is 2.88. The van der Waals surface area contributed by atoms with Gasteiger partial charge in [-0.05, 0) is 30.7 Å². The number of hydrogen-bond donors (Lipinski definition) is 1. The van der Waals surface area contributed by atoms with Crippen LogP contribution in [0.3, 0.4) is 0 Å². The van der Waals surface area contributed by atoms with Crippen LogP contribution < -0.4 is 0 Å². The van der Waals surface area contributed by atoms with Gasteiger partial charge in [0.25, 0.3) is 5.69 Å². The van der Waals surface area contributed by atoms with E-state index >= 15 is 0 Å². The average Bonchev–Trinajstić information content (AvgIpc) is 2.47. The number of esters is 1. The topological polar surface area (TPSA) is 89.7 Å². The lowest BCUT2D eigenvalue weighted by atomic mass is 10.0. The lowest BCUT2D eigenvalue weighted by Gasteiger charge is -2.07. The van der Waals surface area contributed by atoms with Crippen LogP contribution in [0.25, 0.3) is 11.1 Å². The highest BCUT2D eigenvalue weighted by Crippen LogP contribution is 2.32. The summed E-state index contributed by atoms with van der Waals surface area (Å²) >= 11 is 0. The Labute approximate surface area is 120 Å². The first-order chi connectivity index (χ1) is 10.0. The van der Waals surface area contributed by atoms with E-state index in [-0.39, 0.29) is 18.0 Å². The summed E-state index contributed by atoms with van der Waals surface area (Å²) in [5.41, 5.74) is 1.14. The molecule has 6 nitrogen and oxygen atoms in total. The summed E-state index contributed by atoms with van der Waals surface area (Å²) in [6, 6.07) is 10.3. The molecule has 21 heavy (non-hydrogen) atoms. The van der Waals surface area contributed by atoms with Gasteiger partial charge in [0.05, 0.1) is 23.2 Å². The molecule has 108 valence electrons. The zero-order valence-corrected chi connectivity index (χ0v) is 11.3. The van der Waals surface area contributed by atoms with Crippen LogP contribution in [-0.2, 0) is 4.74 Å². The Morgan fingerprint density at radius 2 is 2.05 bits per heavy atom. The van der Waals surface area contributed by atoms with Crippen molar-refractivity contribution in [1.82, 2.24) is 0 Å². The zero-order chi connectivity index (χ0) is 15.4. The standard InChI is InChI=1S/C15H13NO5/c1-2-21-15(18)11-5-3-4-10(8-11)13-7-6-12(16(19)20)9-14(13)17/h3-9,17H,2H2,1H3. The van der Waals surface area contributed by atoms with E-state index in [1.807, 2.05) is 0 Å². The number of nitro benzene ring substituents is 1. The third-order valence-electron chi connectivity index (χ3n) is 2.88. The highest BCUT2D eigenvalue weighted by molar-refractivity contribution is 5.91. The monoisotopic (exact) mass is 287 g/mol. The first kappa shape index (κ1) is 14.5. The lowest BCUT2D eigenvalue weighted by molar-refractivity contribution is -0.384. The van der Waals surface area contributed by atoms with E-state index in [1.54, 1.807) is 31.2 Å². The number of nitrogens with zero attached hydrogens (tertiary/aromatic N) is 1.